The first-order valence-corrected chi connectivity index (χ1v) is 8.17. The quantitative estimate of drug-likeness (QED) is 0.723. The summed E-state index contributed by atoms with van der Waals surface area (Å²) in [5.41, 5.74) is 12.0. The third kappa shape index (κ3) is 2.42. The molecular weight excluding hydrogens is 263 g/mol. The summed E-state index contributed by atoms with van der Waals surface area (Å²) in [6, 6.07) is 0. The molecule has 0 amide bonds. The van der Waals surface area contributed by atoms with Crippen molar-refractivity contribution in [1.82, 2.24) is 0 Å². The van der Waals surface area contributed by atoms with Gasteiger partial charge in [0.25, 0.3) is 0 Å². The Balaban J connectivity index is 3.67. The van der Waals surface area contributed by atoms with Crippen LogP contribution in [0.1, 0.15) is 74.7 Å². The molecule has 0 aromatic carbocycles. The van der Waals surface area contributed by atoms with Gasteiger partial charge in [-0.25, -0.2) is 4.39 Å². The molecule has 3 atom stereocenters. The molecule has 0 saturated heterocycles. The number of alkyl halides is 1. The van der Waals surface area contributed by atoms with Crippen LogP contribution in [0.5, 0.6) is 0 Å². The van der Waals surface area contributed by atoms with Crippen molar-refractivity contribution in [3.63, 3.8) is 0 Å². The van der Waals surface area contributed by atoms with E-state index in [1.165, 1.54) is 6.08 Å². The fourth-order valence-electron chi connectivity index (χ4n) is 4.58. The van der Waals surface area contributed by atoms with Gasteiger partial charge in [0.15, 0.2) is 5.79 Å². The molecule has 0 aromatic heterocycles. The van der Waals surface area contributed by atoms with E-state index in [9.17, 15) is 0 Å². The minimum absolute atomic E-state index is 0.0372. The van der Waals surface area contributed by atoms with E-state index >= 15 is 4.39 Å². The van der Waals surface area contributed by atoms with E-state index in [0.717, 1.165) is 6.42 Å². The van der Waals surface area contributed by atoms with Crippen molar-refractivity contribution in [3.8, 4) is 0 Å². The SMILES string of the molecule is CCC1(C(C)(C)C)CC(CC)(C(C)(C)C)C(N)(F)C=C1N. The molecule has 0 spiro atoms. The van der Waals surface area contributed by atoms with E-state index in [4.69, 9.17) is 11.5 Å². The number of hydrogen-bond donors (Lipinski definition) is 2. The molecule has 0 aromatic rings. The third-order valence-electron chi connectivity index (χ3n) is 6.33. The van der Waals surface area contributed by atoms with Crippen LogP contribution in [-0.2, 0) is 0 Å². The van der Waals surface area contributed by atoms with Crippen LogP contribution in [0.25, 0.3) is 0 Å². The molecule has 0 heterocycles. The molecule has 3 heteroatoms. The predicted molar refractivity (Wildman–Crippen MR) is 89.3 cm³/mol. The van der Waals surface area contributed by atoms with Gasteiger partial charge in [-0.15, -0.1) is 0 Å². The van der Waals surface area contributed by atoms with Crippen LogP contribution < -0.4 is 11.5 Å². The van der Waals surface area contributed by atoms with Gasteiger partial charge in [0.1, 0.15) is 0 Å². The van der Waals surface area contributed by atoms with Crippen LogP contribution in [0.3, 0.4) is 0 Å². The van der Waals surface area contributed by atoms with Gasteiger partial charge in [0, 0.05) is 16.5 Å². The zero-order valence-corrected chi connectivity index (χ0v) is 15.2. The molecule has 2 nitrogen and oxygen atoms in total. The zero-order chi connectivity index (χ0) is 16.9. The van der Waals surface area contributed by atoms with Crippen molar-refractivity contribution in [3.05, 3.63) is 11.8 Å². The smallest absolute Gasteiger partial charge is 0.186 e. The first-order valence-electron chi connectivity index (χ1n) is 8.17. The molecule has 0 radical (unpaired) electrons. The molecule has 3 unspecified atom stereocenters. The summed E-state index contributed by atoms with van der Waals surface area (Å²) in [5.74, 6) is -1.87. The molecular formula is C18H35FN2. The lowest BCUT2D eigenvalue weighted by Crippen LogP contribution is -2.64. The zero-order valence-electron chi connectivity index (χ0n) is 15.2. The second kappa shape index (κ2) is 4.97. The van der Waals surface area contributed by atoms with E-state index in [0.29, 0.717) is 18.5 Å². The topological polar surface area (TPSA) is 52.0 Å². The van der Waals surface area contributed by atoms with Crippen LogP contribution >= 0.6 is 0 Å². The first kappa shape index (κ1) is 18.5. The van der Waals surface area contributed by atoms with E-state index in [1.807, 2.05) is 6.92 Å². The molecule has 1 aliphatic carbocycles. The Morgan fingerprint density at radius 1 is 1.05 bits per heavy atom. The standard InChI is InChI=1S/C18H35FN2/c1-9-16(14(3,4)5)12-17(10-2,15(6,7)8)18(19,21)11-13(16)20/h11H,9-10,12,20-21H2,1-8H3. The maximum atomic E-state index is 15.4. The summed E-state index contributed by atoms with van der Waals surface area (Å²) in [7, 11) is 0. The van der Waals surface area contributed by atoms with Gasteiger partial charge in [-0.2, -0.15) is 0 Å². The molecule has 0 bridgehead atoms. The molecule has 1 rings (SSSR count). The second-order valence-corrected chi connectivity index (χ2v) is 8.92. The Bertz CT molecular complexity index is 425. The minimum Gasteiger partial charge on any atom is -0.402 e. The van der Waals surface area contributed by atoms with Crippen LogP contribution in [0.15, 0.2) is 11.8 Å². The summed E-state index contributed by atoms with van der Waals surface area (Å²) in [6.45, 7) is 17.1. The van der Waals surface area contributed by atoms with Crippen LogP contribution in [-0.4, -0.2) is 5.79 Å². The summed E-state index contributed by atoms with van der Waals surface area (Å²) < 4.78 is 15.4. The summed E-state index contributed by atoms with van der Waals surface area (Å²) in [5, 5.41) is 0. The van der Waals surface area contributed by atoms with E-state index in [-0.39, 0.29) is 16.2 Å². The highest BCUT2D eigenvalue weighted by atomic mass is 19.1. The normalized spacial score (nSPS) is 38.3. The Morgan fingerprint density at radius 2 is 1.52 bits per heavy atom. The molecule has 4 N–H and O–H groups in total. The molecule has 21 heavy (non-hydrogen) atoms. The Kier molecular flexibility index (Phi) is 4.38. The molecule has 1 aliphatic rings. The van der Waals surface area contributed by atoms with Crippen molar-refractivity contribution in [2.75, 3.05) is 0 Å². The highest BCUT2D eigenvalue weighted by Gasteiger charge is 2.63. The number of halogens is 1. The lowest BCUT2D eigenvalue weighted by molar-refractivity contribution is -0.119. The number of hydrogen-bond acceptors (Lipinski definition) is 2. The Labute approximate surface area is 130 Å². The van der Waals surface area contributed by atoms with Crippen molar-refractivity contribution in [1.29, 1.82) is 0 Å². The molecule has 124 valence electrons. The van der Waals surface area contributed by atoms with Crippen molar-refractivity contribution in [2.45, 2.75) is 80.4 Å². The van der Waals surface area contributed by atoms with Gasteiger partial charge in [-0.1, -0.05) is 55.4 Å². The van der Waals surface area contributed by atoms with Gasteiger partial charge in [0.05, 0.1) is 0 Å². The summed E-state index contributed by atoms with van der Waals surface area (Å²) >= 11 is 0. The van der Waals surface area contributed by atoms with E-state index in [1.54, 1.807) is 0 Å². The van der Waals surface area contributed by atoms with Crippen molar-refractivity contribution >= 4 is 0 Å². The predicted octanol–water partition coefficient (Wildman–Crippen LogP) is 4.74. The van der Waals surface area contributed by atoms with Gasteiger partial charge in [-0.3, -0.25) is 5.73 Å². The number of rotatable bonds is 2. The van der Waals surface area contributed by atoms with Gasteiger partial charge in [-0.05, 0) is 36.2 Å². The van der Waals surface area contributed by atoms with Crippen molar-refractivity contribution < 1.29 is 4.39 Å². The monoisotopic (exact) mass is 298 g/mol. The van der Waals surface area contributed by atoms with Crippen LogP contribution in [0.4, 0.5) is 4.39 Å². The molecule has 0 fully saturated rings. The highest BCUT2D eigenvalue weighted by Crippen LogP contribution is 2.64. The Hall–Kier alpha value is -0.570. The van der Waals surface area contributed by atoms with Crippen LogP contribution in [0.2, 0.25) is 0 Å². The van der Waals surface area contributed by atoms with Gasteiger partial charge >= 0.3 is 0 Å². The lowest BCUT2D eigenvalue weighted by atomic mass is 9.46. The summed E-state index contributed by atoms with van der Waals surface area (Å²) in [4.78, 5) is 0. The Morgan fingerprint density at radius 3 is 1.81 bits per heavy atom. The average Bonchev–Trinajstić information content (AvgIpc) is 2.25. The first-order chi connectivity index (χ1) is 9.21. The largest absolute Gasteiger partial charge is 0.402 e. The van der Waals surface area contributed by atoms with E-state index < -0.39 is 11.2 Å². The fourth-order valence-corrected chi connectivity index (χ4v) is 4.58. The maximum absolute atomic E-state index is 15.4. The minimum atomic E-state index is -1.87. The number of nitrogens with two attached hydrogens (primary N) is 2. The highest BCUT2D eigenvalue weighted by molar-refractivity contribution is 5.29. The maximum Gasteiger partial charge on any atom is 0.186 e. The van der Waals surface area contributed by atoms with Crippen LogP contribution in [0, 0.1) is 21.7 Å². The van der Waals surface area contributed by atoms with E-state index in [2.05, 4.69) is 48.5 Å². The van der Waals surface area contributed by atoms with Gasteiger partial charge in [0.2, 0.25) is 0 Å². The van der Waals surface area contributed by atoms with Gasteiger partial charge < -0.3 is 5.73 Å². The summed E-state index contributed by atoms with van der Waals surface area (Å²) in [6.07, 6.45) is 3.80. The molecule has 0 saturated carbocycles. The number of allylic oxidation sites excluding steroid dienone is 1. The van der Waals surface area contributed by atoms with Crippen molar-refractivity contribution in [2.24, 2.45) is 33.1 Å². The molecule has 0 aliphatic heterocycles. The fraction of sp³-hybridized carbons (Fsp3) is 0.889. The third-order valence-corrected chi connectivity index (χ3v) is 6.33. The average molecular weight is 298 g/mol. The lowest BCUT2D eigenvalue weighted by Gasteiger charge is -2.61. The second-order valence-electron chi connectivity index (χ2n) is 8.92.